The summed E-state index contributed by atoms with van der Waals surface area (Å²) in [7, 11) is 0.920. The Morgan fingerprint density at radius 3 is 2.21 bits per heavy atom. The van der Waals surface area contributed by atoms with Crippen molar-refractivity contribution in [3.05, 3.63) is 0 Å². The first-order chi connectivity index (χ1) is 6.74. The van der Waals surface area contributed by atoms with Gasteiger partial charge in [-0.1, -0.05) is 13.3 Å². The van der Waals surface area contributed by atoms with Crippen molar-refractivity contribution in [3.8, 4) is 0 Å². The van der Waals surface area contributed by atoms with Crippen molar-refractivity contribution in [2.75, 3.05) is 27.4 Å². The van der Waals surface area contributed by atoms with Crippen molar-refractivity contribution >= 4 is 8.80 Å². The Hall–Kier alpha value is 0.0569. The van der Waals surface area contributed by atoms with Crippen molar-refractivity contribution in [2.24, 2.45) is 5.73 Å². The first-order valence-corrected chi connectivity index (χ1v) is 7.12. The minimum atomic E-state index is -2.38. The summed E-state index contributed by atoms with van der Waals surface area (Å²) in [6.07, 6.45) is 3.05. The molecule has 0 rings (SSSR count). The molecular formula is C9H23NO3Si. The Morgan fingerprint density at radius 2 is 1.79 bits per heavy atom. The van der Waals surface area contributed by atoms with Crippen LogP contribution in [0.5, 0.6) is 0 Å². The van der Waals surface area contributed by atoms with Gasteiger partial charge in [0.25, 0.3) is 0 Å². The molecule has 0 atom stereocenters. The number of hydrogen-bond donors (Lipinski definition) is 1. The first-order valence-electron chi connectivity index (χ1n) is 5.19. The molecule has 0 aliphatic heterocycles. The Morgan fingerprint density at radius 1 is 1.14 bits per heavy atom. The highest BCUT2D eigenvalue weighted by atomic mass is 28.4. The van der Waals surface area contributed by atoms with Gasteiger partial charge in [-0.05, 0) is 19.4 Å². The van der Waals surface area contributed by atoms with Gasteiger partial charge in [-0.15, -0.1) is 0 Å². The fraction of sp³-hybridized carbons (Fsp3) is 1.00. The monoisotopic (exact) mass is 221 g/mol. The second kappa shape index (κ2) is 8.37. The quantitative estimate of drug-likeness (QED) is 0.472. The van der Waals surface area contributed by atoms with Gasteiger partial charge in [0, 0.05) is 26.9 Å². The van der Waals surface area contributed by atoms with Gasteiger partial charge >= 0.3 is 8.80 Å². The zero-order valence-corrected chi connectivity index (χ0v) is 10.5. The van der Waals surface area contributed by atoms with Gasteiger partial charge in [-0.25, -0.2) is 0 Å². The van der Waals surface area contributed by atoms with E-state index in [-0.39, 0.29) is 0 Å². The molecule has 0 heterocycles. The maximum Gasteiger partial charge on any atom is 0.500 e. The van der Waals surface area contributed by atoms with E-state index in [0.717, 1.165) is 31.9 Å². The number of nitrogens with two attached hydrogens (primary N) is 1. The van der Waals surface area contributed by atoms with Gasteiger partial charge in [0.1, 0.15) is 0 Å². The Labute approximate surface area is 88.1 Å². The average Bonchev–Trinajstić information content (AvgIpc) is 2.24. The van der Waals surface area contributed by atoms with E-state index in [1.165, 1.54) is 0 Å². The number of unbranched alkanes of at least 4 members (excludes halogenated alkanes) is 1. The largest absolute Gasteiger partial charge is 0.500 e. The Bertz CT molecular complexity index is 131. The van der Waals surface area contributed by atoms with E-state index in [0.29, 0.717) is 6.54 Å². The van der Waals surface area contributed by atoms with E-state index in [1.807, 2.05) is 0 Å². The molecule has 0 aromatic rings. The molecule has 0 aromatic heterocycles. The zero-order chi connectivity index (χ0) is 10.9. The summed E-state index contributed by atoms with van der Waals surface area (Å²) in [4.78, 5) is 0. The molecule has 0 spiro atoms. The van der Waals surface area contributed by atoms with Gasteiger partial charge in [0.05, 0.1) is 0 Å². The third kappa shape index (κ3) is 5.07. The van der Waals surface area contributed by atoms with E-state index >= 15 is 0 Å². The second-order valence-electron chi connectivity index (χ2n) is 3.19. The van der Waals surface area contributed by atoms with Gasteiger partial charge in [0.2, 0.25) is 0 Å². The fourth-order valence-corrected chi connectivity index (χ4v) is 3.22. The zero-order valence-electron chi connectivity index (χ0n) is 9.54. The molecule has 0 aliphatic rings. The van der Waals surface area contributed by atoms with Crippen LogP contribution in [0.3, 0.4) is 0 Å². The molecule has 86 valence electrons. The van der Waals surface area contributed by atoms with Crippen molar-refractivity contribution in [1.29, 1.82) is 0 Å². The topological polar surface area (TPSA) is 53.7 Å². The predicted octanol–water partition coefficient (Wildman–Crippen LogP) is 1.38. The van der Waals surface area contributed by atoms with Gasteiger partial charge in [0.15, 0.2) is 0 Å². The molecule has 2 N–H and O–H groups in total. The SMILES string of the molecule is CCCCO[Si](CCCN)(OC)OC. The summed E-state index contributed by atoms with van der Waals surface area (Å²) in [5, 5.41) is 0. The summed E-state index contributed by atoms with van der Waals surface area (Å²) < 4.78 is 16.5. The molecule has 0 unspecified atom stereocenters. The van der Waals surface area contributed by atoms with Crippen LogP contribution in [0.25, 0.3) is 0 Å². The smallest absolute Gasteiger partial charge is 0.377 e. The normalized spacial score (nSPS) is 12.0. The van der Waals surface area contributed by atoms with Crippen LogP contribution in [0.1, 0.15) is 26.2 Å². The second-order valence-corrected chi connectivity index (χ2v) is 6.16. The predicted molar refractivity (Wildman–Crippen MR) is 59.1 cm³/mol. The highest BCUT2D eigenvalue weighted by Gasteiger charge is 2.37. The van der Waals surface area contributed by atoms with Crippen LogP contribution in [0, 0.1) is 0 Å². The lowest BCUT2D eigenvalue weighted by molar-refractivity contribution is 0.0965. The summed E-state index contributed by atoms with van der Waals surface area (Å²) in [6, 6.07) is 0.806. The third-order valence-electron chi connectivity index (χ3n) is 2.13. The molecular weight excluding hydrogens is 198 g/mol. The maximum absolute atomic E-state index is 5.71. The van der Waals surface area contributed by atoms with Gasteiger partial charge in [-0.3, -0.25) is 0 Å². The molecule has 0 saturated carbocycles. The summed E-state index contributed by atoms with van der Waals surface area (Å²) in [6.45, 7) is 3.50. The van der Waals surface area contributed by atoms with Crippen LogP contribution in [-0.4, -0.2) is 36.2 Å². The van der Waals surface area contributed by atoms with Crippen molar-refractivity contribution in [1.82, 2.24) is 0 Å². The van der Waals surface area contributed by atoms with Crippen molar-refractivity contribution < 1.29 is 13.3 Å². The molecule has 0 bridgehead atoms. The molecule has 0 saturated heterocycles. The maximum atomic E-state index is 5.71. The summed E-state index contributed by atoms with van der Waals surface area (Å²) in [5.74, 6) is 0. The average molecular weight is 221 g/mol. The standard InChI is InChI=1S/C9H23NO3Si/c1-4-5-8-13-14(11-2,12-3)9-6-7-10/h4-10H2,1-3H3. The van der Waals surface area contributed by atoms with Crippen LogP contribution in [0.4, 0.5) is 0 Å². The molecule has 0 amide bonds. The van der Waals surface area contributed by atoms with Crippen LogP contribution < -0.4 is 5.73 Å². The summed E-state index contributed by atoms with van der Waals surface area (Å²) in [5.41, 5.74) is 5.46. The number of hydrogen-bond acceptors (Lipinski definition) is 4. The van der Waals surface area contributed by atoms with E-state index in [4.69, 9.17) is 19.0 Å². The molecule has 0 fully saturated rings. The van der Waals surface area contributed by atoms with Crippen molar-refractivity contribution in [2.45, 2.75) is 32.2 Å². The lowest BCUT2D eigenvalue weighted by Gasteiger charge is -2.26. The molecule has 0 radical (unpaired) electrons. The van der Waals surface area contributed by atoms with Gasteiger partial charge in [-0.2, -0.15) is 0 Å². The highest BCUT2D eigenvalue weighted by Crippen LogP contribution is 2.16. The minimum Gasteiger partial charge on any atom is -0.377 e. The lowest BCUT2D eigenvalue weighted by atomic mass is 10.4. The van der Waals surface area contributed by atoms with Gasteiger partial charge < -0.3 is 19.0 Å². The van der Waals surface area contributed by atoms with Crippen LogP contribution >= 0.6 is 0 Å². The molecule has 4 nitrogen and oxygen atoms in total. The molecule has 14 heavy (non-hydrogen) atoms. The first kappa shape index (κ1) is 14.1. The third-order valence-corrected chi connectivity index (χ3v) is 4.98. The fourth-order valence-electron chi connectivity index (χ4n) is 1.17. The molecule has 0 aliphatic carbocycles. The Kier molecular flexibility index (Phi) is 8.41. The van der Waals surface area contributed by atoms with E-state index < -0.39 is 8.80 Å². The lowest BCUT2D eigenvalue weighted by Crippen LogP contribution is -2.44. The van der Waals surface area contributed by atoms with E-state index in [2.05, 4.69) is 6.92 Å². The minimum absolute atomic E-state index is 0.651. The summed E-state index contributed by atoms with van der Waals surface area (Å²) >= 11 is 0. The molecule has 0 aromatic carbocycles. The van der Waals surface area contributed by atoms with E-state index in [1.54, 1.807) is 14.2 Å². The van der Waals surface area contributed by atoms with Crippen molar-refractivity contribution in [3.63, 3.8) is 0 Å². The number of rotatable bonds is 9. The van der Waals surface area contributed by atoms with Crippen LogP contribution in [0.15, 0.2) is 0 Å². The molecule has 5 heteroatoms. The highest BCUT2D eigenvalue weighted by molar-refractivity contribution is 6.60. The Balaban J connectivity index is 3.94. The van der Waals surface area contributed by atoms with E-state index in [9.17, 15) is 0 Å². The van der Waals surface area contributed by atoms with Crippen LogP contribution in [0.2, 0.25) is 6.04 Å². The van der Waals surface area contributed by atoms with Crippen LogP contribution in [-0.2, 0) is 13.3 Å².